The second-order valence-corrected chi connectivity index (χ2v) is 10.5. The number of methoxy groups -OCH3 is 1. The Morgan fingerprint density at radius 1 is 0.861 bits per heavy atom. The lowest BCUT2D eigenvalue weighted by Crippen LogP contribution is -2.46. The van der Waals surface area contributed by atoms with Gasteiger partial charge in [-0.25, -0.2) is 9.59 Å². The first-order valence-corrected chi connectivity index (χ1v) is 14.7. The molecule has 0 saturated carbocycles. The number of para-hydroxylation sites is 1. The largest absolute Gasteiger partial charge is 0.500 e. The highest BCUT2D eigenvalue weighted by molar-refractivity contribution is 6.60. The quantitative estimate of drug-likeness (QED) is 0.110. The lowest BCUT2D eigenvalue weighted by Gasteiger charge is -2.28. The molecule has 0 radical (unpaired) electrons. The molecule has 0 saturated heterocycles. The van der Waals surface area contributed by atoms with E-state index in [2.05, 4.69) is 5.32 Å². The number of unbranched alkanes of at least 4 members (excludes halogenated alkanes) is 3. The van der Waals surface area contributed by atoms with Crippen molar-refractivity contribution in [1.82, 2.24) is 5.32 Å². The van der Waals surface area contributed by atoms with E-state index in [4.69, 9.17) is 27.5 Å². The van der Waals surface area contributed by atoms with Crippen LogP contribution in [0.4, 0.5) is 4.79 Å². The first kappa shape index (κ1) is 31.6. The fourth-order valence-corrected chi connectivity index (χ4v) is 6.07. The average Bonchev–Trinajstić information content (AvgIpc) is 2.87. The second-order valence-electron chi connectivity index (χ2n) is 7.81. The van der Waals surface area contributed by atoms with Gasteiger partial charge in [0.05, 0.1) is 20.3 Å². The van der Waals surface area contributed by atoms with E-state index in [1.165, 1.54) is 6.08 Å². The van der Waals surface area contributed by atoms with Crippen molar-refractivity contribution < 1.29 is 37.1 Å². The topological polar surface area (TPSA) is 102 Å². The number of rotatable bonds is 20. The molecule has 36 heavy (non-hydrogen) atoms. The van der Waals surface area contributed by atoms with Crippen molar-refractivity contribution in [2.24, 2.45) is 0 Å². The fraction of sp³-hybridized carbons (Fsp3) is 0.615. The van der Waals surface area contributed by atoms with Crippen LogP contribution in [0.2, 0.25) is 6.04 Å². The van der Waals surface area contributed by atoms with Gasteiger partial charge in [-0.3, -0.25) is 0 Å². The van der Waals surface area contributed by atoms with Crippen molar-refractivity contribution in [2.75, 3.05) is 46.7 Å². The number of amides is 1. The summed E-state index contributed by atoms with van der Waals surface area (Å²) in [5.41, 5.74) is 0.817. The first-order chi connectivity index (χ1) is 17.5. The van der Waals surface area contributed by atoms with Crippen molar-refractivity contribution in [1.29, 1.82) is 0 Å². The van der Waals surface area contributed by atoms with E-state index in [0.717, 1.165) is 31.2 Å². The Hall–Kier alpha value is -2.40. The van der Waals surface area contributed by atoms with Crippen LogP contribution in [0.5, 0.6) is 5.75 Å². The highest BCUT2D eigenvalue weighted by Crippen LogP contribution is 2.19. The maximum absolute atomic E-state index is 11.9. The van der Waals surface area contributed by atoms with Gasteiger partial charge < -0.3 is 32.8 Å². The predicted molar refractivity (Wildman–Crippen MR) is 141 cm³/mol. The molecule has 1 rings (SSSR count). The molecule has 0 heterocycles. The number of hydrogen-bond donors (Lipinski definition) is 1. The Bertz CT molecular complexity index is 757. The van der Waals surface area contributed by atoms with E-state index in [-0.39, 0.29) is 5.97 Å². The van der Waals surface area contributed by atoms with Gasteiger partial charge in [-0.15, -0.1) is 0 Å². The highest BCUT2D eigenvalue weighted by atomic mass is 28.4. The molecule has 1 aromatic rings. The summed E-state index contributed by atoms with van der Waals surface area (Å²) >= 11 is 0. The van der Waals surface area contributed by atoms with Crippen LogP contribution in [0, 0.1) is 0 Å². The number of nitrogens with one attached hydrogen (secondary N) is 1. The van der Waals surface area contributed by atoms with Crippen LogP contribution < -0.4 is 10.1 Å². The molecule has 0 bridgehead atoms. The molecule has 0 atom stereocenters. The van der Waals surface area contributed by atoms with Gasteiger partial charge in [0.15, 0.2) is 0 Å². The normalized spacial score (nSPS) is 11.4. The zero-order chi connectivity index (χ0) is 26.5. The van der Waals surface area contributed by atoms with E-state index in [1.807, 2.05) is 45.0 Å². The maximum Gasteiger partial charge on any atom is 0.500 e. The smallest absolute Gasteiger partial charge is 0.496 e. The van der Waals surface area contributed by atoms with Crippen LogP contribution in [0.1, 0.15) is 58.4 Å². The molecule has 1 N–H and O–H groups in total. The Kier molecular flexibility index (Phi) is 17.3. The van der Waals surface area contributed by atoms with E-state index in [0.29, 0.717) is 57.8 Å². The third kappa shape index (κ3) is 13.6. The number of benzene rings is 1. The van der Waals surface area contributed by atoms with Gasteiger partial charge in [-0.05, 0) is 65.0 Å². The van der Waals surface area contributed by atoms with Crippen molar-refractivity contribution in [3.63, 3.8) is 0 Å². The molecule has 0 aliphatic carbocycles. The Morgan fingerprint density at radius 3 is 2.08 bits per heavy atom. The van der Waals surface area contributed by atoms with E-state index < -0.39 is 14.9 Å². The molecule has 0 aromatic heterocycles. The summed E-state index contributed by atoms with van der Waals surface area (Å²) in [6.45, 7) is 8.53. The predicted octanol–water partition coefficient (Wildman–Crippen LogP) is 4.98. The van der Waals surface area contributed by atoms with Crippen LogP contribution in [0.25, 0.3) is 6.08 Å². The van der Waals surface area contributed by atoms with Gasteiger partial charge in [0, 0.05) is 44.0 Å². The van der Waals surface area contributed by atoms with E-state index >= 15 is 0 Å². The molecule has 0 spiro atoms. The number of hydrogen-bond acceptors (Lipinski definition) is 8. The lowest BCUT2D eigenvalue weighted by atomic mass is 10.2. The third-order valence-electron chi connectivity index (χ3n) is 5.08. The molecular weight excluding hydrogens is 482 g/mol. The molecule has 1 aromatic carbocycles. The number of esters is 1. The summed E-state index contributed by atoms with van der Waals surface area (Å²) in [4.78, 5) is 23.7. The van der Waals surface area contributed by atoms with E-state index in [1.54, 1.807) is 13.2 Å². The third-order valence-corrected chi connectivity index (χ3v) is 8.23. The van der Waals surface area contributed by atoms with Crippen molar-refractivity contribution >= 4 is 26.9 Å². The summed E-state index contributed by atoms with van der Waals surface area (Å²) < 4.78 is 33.1. The van der Waals surface area contributed by atoms with Gasteiger partial charge in [0.1, 0.15) is 5.75 Å². The average molecular weight is 526 g/mol. The van der Waals surface area contributed by atoms with Crippen LogP contribution in [-0.2, 0) is 27.5 Å². The molecule has 0 unspecified atom stereocenters. The number of carbonyl (C=O) groups is 2. The molecule has 10 heteroatoms. The highest BCUT2D eigenvalue weighted by Gasteiger charge is 2.39. The molecule has 0 aliphatic rings. The van der Waals surface area contributed by atoms with E-state index in [9.17, 15) is 9.59 Å². The van der Waals surface area contributed by atoms with Crippen molar-refractivity contribution in [2.45, 2.75) is 58.9 Å². The van der Waals surface area contributed by atoms with Crippen molar-refractivity contribution in [3.8, 4) is 5.75 Å². The van der Waals surface area contributed by atoms with Gasteiger partial charge >= 0.3 is 20.9 Å². The van der Waals surface area contributed by atoms with Gasteiger partial charge in [0.25, 0.3) is 0 Å². The van der Waals surface area contributed by atoms with Gasteiger partial charge in [-0.1, -0.05) is 18.2 Å². The molecule has 0 aliphatic heterocycles. The monoisotopic (exact) mass is 525 g/mol. The standard InChI is InChI=1S/C26H43NO8Si/c1-5-33-36(34-6-2,35-7-3)22-14-19-27-26(29)32-21-13-9-8-12-20-31-25(28)18-17-23-15-10-11-16-24(23)30-4/h10-11,15-18H,5-9,12-14,19-22H2,1-4H3,(H,27,29)/b18-17+. The van der Waals surface area contributed by atoms with Crippen LogP contribution in [0.3, 0.4) is 0 Å². The molecule has 9 nitrogen and oxygen atoms in total. The SMILES string of the molecule is CCO[Si](CCCNC(=O)OCCCCCCOC(=O)/C=C/c1ccccc1OC)(OCC)OCC. The van der Waals surface area contributed by atoms with Gasteiger partial charge in [-0.2, -0.15) is 0 Å². The molecule has 204 valence electrons. The summed E-state index contributed by atoms with van der Waals surface area (Å²) in [7, 11) is -1.09. The first-order valence-electron chi connectivity index (χ1n) is 12.8. The zero-order valence-electron chi connectivity index (χ0n) is 22.2. The Labute approximate surface area is 216 Å². The summed E-state index contributed by atoms with van der Waals surface area (Å²) in [6, 6.07) is 8.09. The minimum absolute atomic E-state index is 0.350. The minimum Gasteiger partial charge on any atom is -0.496 e. The lowest BCUT2D eigenvalue weighted by molar-refractivity contribution is -0.137. The van der Waals surface area contributed by atoms with Crippen LogP contribution in [-0.4, -0.2) is 67.6 Å². The summed E-state index contributed by atoms with van der Waals surface area (Å²) in [5.74, 6) is 0.315. The number of carbonyl (C=O) groups excluding carboxylic acids is 2. The van der Waals surface area contributed by atoms with Crippen LogP contribution >= 0.6 is 0 Å². The number of ether oxygens (including phenoxy) is 3. The minimum atomic E-state index is -2.68. The van der Waals surface area contributed by atoms with Gasteiger partial charge in [0.2, 0.25) is 0 Å². The Balaban J connectivity index is 2.08. The van der Waals surface area contributed by atoms with Crippen molar-refractivity contribution in [3.05, 3.63) is 35.9 Å². The Morgan fingerprint density at radius 2 is 1.47 bits per heavy atom. The maximum atomic E-state index is 11.9. The summed E-state index contributed by atoms with van der Waals surface area (Å²) in [5, 5.41) is 2.76. The van der Waals surface area contributed by atoms with Crippen LogP contribution in [0.15, 0.2) is 30.3 Å². The zero-order valence-corrected chi connectivity index (χ0v) is 23.2. The fourth-order valence-electron chi connectivity index (χ4n) is 3.45. The number of alkyl carbamates (subject to hydrolysis) is 1. The summed E-state index contributed by atoms with van der Waals surface area (Å²) in [6.07, 6.45) is 6.61. The molecule has 0 fully saturated rings. The molecular formula is C26H43NO8Si. The second kappa shape index (κ2) is 19.7. The molecule has 1 amide bonds.